The van der Waals surface area contributed by atoms with Gasteiger partial charge >= 0.3 is 0 Å². The molecule has 0 amide bonds. The third kappa shape index (κ3) is 8.97. The SMILES string of the molecule is Cc1c#cc#cc(C)cccccc(=O)ccccccc1. The Labute approximate surface area is 132 Å². The normalized spacial score (nSPS) is 7.91. The van der Waals surface area contributed by atoms with Crippen LogP contribution in [0, 0.1) is 38.1 Å². The van der Waals surface area contributed by atoms with Crippen molar-refractivity contribution in [3.05, 3.63) is 118 Å². The Balaban J connectivity index is 3.32. The van der Waals surface area contributed by atoms with Crippen LogP contribution in [0.4, 0.5) is 0 Å². The molecule has 0 atom stereocenters. The molecular formula is C21H18O. The van der Waals surface area contributed by atoms with Gasteiger partial charge in [0.15, 0.2) is 5.43 Å². The molecular weight excluding hydrogens is 268 g/mol. The zero-order valence-electron chi connectivity index (χ0n) is 12.8. The molecule has 1 nitrogen and oxygen atoms in total. The fourth-order valence-corrected chi connectivity index (χ4v) is 1.36. The van der Waals surface area contributed by atoms with Crippen LogP contribution in [0.25, 0.3) is 0 Å². The molecule has 0 unspecified atom stereocenters. The predicted octanol–water partition coefficient (Wildman–Crippen LogP) is 4.24. The molecule has 1 aromatic carbocycles. The maximum Gasteiger partial charge on any atom is 0.178 e. The summed E-state index contributed by atoms with van der Waals surface area (Å²) in [5, 5.41) is 0. The van der Waals surface area contributed by atoms with Gasteiger partial charge in [0, 0.05) is 0 Å². The molecule has 1 heteroatoms. The van der Waals surface area contributed by atoms with Gasteiger partial charge in [-0.25, -0.2) is 0 Å². The van der Waals surface area contributed by atoms with Crippen molar-refractivity contribution in [3.63, 3.8) is 0 Å². The lowest BCUT2D eigenvalue weighted by Crippen LogP contribution is -1.88. The Bertz CT molecular complexity index is 704. The number of aryl methyl sites for hydroxylation is 2. The van der Waals surface area contributed by atoms with Crippen molar-refractivity contribution < 1.29 is 0 Å². The average molecular weight is 286 g/mol. The highest BCUT2D eigenvalue weighted by atomic mass is 16.1. The van der Waals surface area contributed by atoms with Crippen LogP contribution in [0.5, 0.6) is 0 Å². The van der Waals surface area contributed by atoms with Crippen LogP contribution in [0.3, 0.4) is 0 Å². The molecule has 0 radical (unpaired) electrons. The van der Waals surface area contributed by atoms with Gasteiger partial charge in [0.05, 0.1) is 0 Å². The molecule has 0 saturated carbocycles. The van der Waals surface area contributed by atoms with E-state index in [9.17, 15) is 4.79 Å². The van der Waals surface area contributed by atoms with E-state index in [1.165, 1.54) is 12.1 Å². The smallest absolute Gasteiger partial charge is 0.178 e. The van der Waals surface area contributed by atoms with Crippen molar-refractivity contribution in [1.29, 1.82) is 0 Å². The summed E-state index contributed by atoms with van der Waals surface area (Å²) >= 11 is 0. The largest absolute Gasteiger partial charge is 0.290 e. The van der Waals surface area contributed by atoms with Gasteiger partial charge < -0.3 is 0 Å². The van der Waals surface area contributed by atoms with Crippen molar-refractivity contribution in [3.8, 4) is 0 Å². The molecule has 1 aromatic rings. The van der Waals surface area contributed by atoms with Crippen LogP contribution in [-0.4, -0.2) is 0 Å². The second kappa shape index (κ2) is 10.7. The Morgan fingerprint density at radius 2 is 0.955 bits per heavy atom. The first-order valence-corrected chi connectivity index (χ1v) is 6.94. The number of hydrogen-bond donors (Lipinski definition) is 0. The van der Waals surface area contributed by atoms with E-state index in [0.717, 1.165) is 11.1 Å². The van der Waals surface area contributed by atoms with Crippen LogP contribution in [0.2, 0.25) is 0 Å². The van der Waals surface area contributed by atoms with Crippen LogP contribution in [0.15, 0.2) is 77.6 Å². The molecule has 0 aliphatic heterocycles. The summed E-state index contributed by atoms with van der Waals surface area (Å²) < 4.78 is 0. The molecule has 0 saturated heterocycles. The van der Waals surface area contributed by atoms with Crippen LogP contribution in [0.1, 0.15) is 11.1 Å². The van der Waals surface area contributed by atoms with Gasteiger partial charge in [0.1, 0.15) is 0 Å². The second-order valence-corrected chi connectivity index (χ2v) is 4.47. The van der Waals surface area contributed by atoms with Gasteiger partial charge in [-0.3, -0.25) is 4.79 Å². The third-order valence-corrected chi connectivity index (χ3v) is 2.46. The van der Waals surface area contributed by atoms with E-state index in [4.69, 9.17) is 0 Å². The van der Waals surface area contributed by atoms with Crippen molar-refractivity contribution in [2.75, 3.05) is 0 Å². The molecule has 0 bridgehead atoms. The van der Waals surface area contributed by atoms with Crippen LogP contribution in [-0.2, 0) is 0 Å². The average Bonchev–Trinajstić information content (AvgIpc) is 2.49. The van der Waals surface area contributed by atoms with Gasteiger partial charge in [-0.15, -0.1) is 0 Å². The fraction of sp³-hybridized carbons (Fsp3) is 0.0952. The lowest BCUT2D eigenvalue weighted by molar-refractivity contribution is 1.50. The lowest BCUT2D eigenvalue weighted by Gasteiger charge is -1.73. The van der Waals surface area contributed by atoms with Gasteiger partial charge in [0.25, 0.3) is 0 Å². The van der Waals surface area contributed by atoms with Crippen LogP contribution >= 0.6 is 0 Å². The van der Waals surface area contributed by atoms with E-state index in [1.54, 1.807) is 24.3 Å². The summed E-state index contributed by atoms with van der Waals surface area (Å²) in [4.78, 5) is 11.5. The molecule has 0 fully saturated rings. The minimum absolute atomic E-state index is 0.0548. The van der Waals surface area contributed by atoms with Crippen molar-refractivity contribution >= 4 is 0 Å². The Kier molecular flexibility index (Phi) is 8.30. The molecule has 0 spiro atoms. The van der Waals surface area contributed by atoms with E-state index in [1.807, 2.05) is 50.2 Å². The first-order valence-electron chi connectivity index (χ1n) is 6.94. The summed E-state index contributed by atoms with van der Waals surface area (Å²) in [5.41, 5.74) is 1.79. The number of hydrogen-bond acceptors (Lipinski definition) is 1. The quantitative estimate of drug-likeness (QED) is 0.697. The van der Waals surface area contributed by atoms with Gasteiger partial charge in [-0.1, -0.05) is 72.8 Å². The summed E-state index contributed by atoms with van der Waals surface area (Å²) in [7, 11) is 0. The molecule has 0 N–H and O–H groups in total. The highest BCUT2D eigenvalue weighted by Gasteiger charge is 1.70. The maximum atomic E-state index is 11.5. The van der Waals surface area contributed by atoms with E-state index >= 15 is 0 Å². The van der Waals surface area contributed by atoms with Gasteiger partial charge in [0.2, 0.25) is 0 Å². The minimum atomic E-state index is -0.0548. The highest BCUT2D eigenvalue weighted by Crippen LogP contribution is 1.85. The van der Waals surface area contributed by atoms with Gasteiger partial charge in [-0.05, 0) is 49.2 Å². The van der Waals surface area contributed by atoms with E-state index in [0.29, 0.717) is 0 Å². The first kappa shape index (κ1) is 17.0. The Morgan fingerprint density at radius 3 is 1.45 bits per heavy atom. The Hall–Kier alpha value is -3.03. The minimum Gasteiger partial charge on any atom is -0.290 e. The summed E-state index contributed by atoms with van der Waals surface area (Å²) in [6, 6.07) is 32.9. The van der Waals surface area contributed by atoms with E-state index in [-0.39, 0.29) is 5.43 Å². The standard InChI is InChI=1S/C21H18O/c1-19-13-7-4-3-5-9-17-21(22)18-10-6-8-14-20(2)16-12-11-15-19/h3-10,13-14,17-18H,1-2H3. The molecule has 108 valence electrons. The van der Waals surface area contributed by atoms with Crippen LogP contribution < -0.4 is 5.43 Å². The Morgan fingerprint density at radius 1 is 0.591 bits per heavy atom. The lowest BCUT2D eigenvalue weighted by atomic mass is 10.3. The molecule has 0 heterocycles. The van der Waals surface area contributed by atoms with Gasteiger partial charge in [-0.2, -0.15) is 0 Å². The summed E-state index contributed by atoms with van der Waals surface area (Å²) in [5.74, 6) is 0. The highest BCUT2D eigenvalue weighted by molar-refractivity contribution is 5.04. The number of rotatable bonds is 0. The van der Waals surface area contributed by atoms with Crippen molar-refractivity contribution in [2.45, 2.75) is 13.8 Å². The summed E-state index contributed by atoms with van der Waals surface area (Å²) in [6.45, 7) is 3.84. The monoisotopic (exact) mass is 286 g/mol. The van der Waals surface area contributed by atoms with E-state index < -0.39 is 0 Å². The predicted molar refractivity (Wildman–Crippen MR) is 90.4 cm³/mol. The molecule has 22 heavy (non-hydrogen) atoms. The summed E-state index contributed by atoms with van der Waals surface area (Å²) in [6.07, 6.45) is 0. The molecule has 0 aromatic heterocycles. The second-order valence-electron chi connectivity index (χ2n) is 4.47. The molecule has 1 rings (SSSR count). The molecule has 0 aliphatic carbocycles. The maximum absolute atomic E-state index is 11.5. The topological polar surface area (TPSA) is 17.1 Å². The zero-order chi connectivity index (χ0) is 16.0. The van der Waals surface area contributed by atoms with Crippen molar-refractivity contribution in [2.24, 2.45) is 0 Å². The third-order valence-electron chi connectivity index (χ3n) is 2.46. The van der Waals surface area contributed by atoms with E-state index in [2.05, 4.69) is 24.3 Å². The van der Waals surface area contributed by atoms with Crippen molar-refractivity contribution in [1.82, 2.24) is 0 Å². The molecule has 0 aliphatic rings. The zero-order valence-corrected chi connectivity index (χ0v) is 12.8. The first-order chi connectivity index (χ1) is 10.7. The fourth-order valence-electron chi connectivity index (χ4n) is 1.36.